The summed E-state index contributed by atoms with van der Waals surface area (Å²) in [7, 11) is 0. The van der Waals surface area contributed by atoms with Crippen molar-refractivity contribution in [3.8, 4) is 5.88 Å². The lowest BCUT2D eigenvalue weighted by Gasteiger charge is -2.25. The zero-order chi connectivity index (χ0) is 16.5. The van der Waals surface area contributed by atoms with Crippen molar-refractivity contribution in [1.82, 2.24) is 9.88 Å². The van der Waals surface area contributed by atoms with Crippen LogP contribution in [0.3, 0.4) is 0 Å². The fraction of sp³-hybridized carbons (Fsp3) is 0.762. The molecule has 1 aromatic heterocycles. The minimum absolute atomic E-state index is 0.194. The van der Waals surface area contributed by atoms with E-state index in [-0.39, 0.29) is 6.10 Å². The number of rotatable bonds is 5. The summed E-state index contributed by atoms with van der Waals surface area (Å²) in [6.07, 6.45) is 9.89. The zero-order valence-corrected chi connectivity index (χ0v) is 15.3. The second-order valence-electron chi connectivity index (χ2n) is 8.49. The SMILES string of the molecule is CC(C)Oc1ccc2c(n1)CCN(CC[C@@H]1CCC3CC3C1)CC2. The van der Waals surface area contributed by atoms with Crippen LogP contribution in [0.1, 0.15) is 57.2 Å². The molecule has 1 aromatic rings. The van der Waals surface area contributed by atoms with Gasteiger partial charge in [-0.3, -0.25) is 0 Å². The van der Waals surface area contributed by atoms with E-state index in [9.17, 15) is 0 Å². The molecule has 0 N–H and O–H groups in total. The molecule has 2 aliphatic carbocycles. The monoisotopic (exact) mass is 328 g/mol. The van der Waals surface area contributed by atoms with Crippen LogP contribution >= 0.6 is 0 Å². The van der Waals surface area contributed by atoms with E-state index in [1.165, 1.54) is 50.0 Å². The molecule has 2 saturated carbocycles. The lowest BCUT2D eigenvalue weighted by atomic mass is 9.87. The molecule has 3 aliphatic rings. The number of nitrogens with zero attached hydrogens (tertiary/aromatic N) is 2. The highest BCUT2D eigenvalue weighted by atomic mass is 16.5. The Morgan fingerprint density at radius 2 is 2.00 bits per heavy atom. The maximum atomic E-state index is 5.76. The van der Waals surface area contributed by atoms with Crippen LogP contribution in [0.5, 0.6) is 5.88 Å². The van der Waals surface area contributed by atoms with Crippen LogP contribution in [0.25, 0.3) is 0 Å². The van der Waals surface area contributed by atoms with Crippen LogP contribution in [0.2, 0.25) is 0 Å². The summed E-state index contributed by atoms with van der Waals surface area (Å²) >= 11 is 0. The highest BCUT2D eigenvalue weighted by Gasteiger charge is 2.41. The molecule has 4 rings (SSSR count). The number of pyridine rings is 1. The third-order valence-corrected chi connectivity index (χ3v) is 6.27. The van der Waals surface area contributed by atoms with Crippen molar-refractivity contribution in [2.75, 3.05) is 19.6 Å². The first-order valence-electron chi connectivity index (χ1n) is 10.0. The summed E-state index contributed by atoms with van der Waals surface area (Å²) in [6.45, 7) is 7.75. The third kappa shape index (κ3) is 3.93. The topological polar surface area (TPSA) is 25.4 Å². The quantitative estimate of drug-likeness (QED) is 0.814. The van der Waals surface area contributed by atoms with Crippen molar-refractivity contribution in [2.24, 2.45) is 17.8 Å². The molecule has 3 atom stereocenters. The van der Waals surface area contributed by atoms with Gasteiger partial charge in [-0.25, -0.2) is 4.98 Å². The van der Waals surface area contributed by atoms with Crippen LogP contribution in [-0.4, -0.2) is 35.6 Å². The van der Waals surface area contributed by atoms with E-state index in [2.05, 4.69) is 24.8 Å². The number of fused-ring (bicyclic) bond motifs is 2. The lowest BCUT2D eigenvalue weighted by molar-refractivity contribution is 0.230. The predicted octanol–water partition coefficient (Wildman–Crippen LogP) is 4.10. The van der Waals surface area contributed by atoms with Crippen LogP contribution in [0, 0.1) is 17.8 Å². The summed E-state index contributed by atoms with van der Waals surface area (Å²) in [5.74, 6) is 4.03. The molecule has 2 unspecified atom stereocenters. The number of hydrogen-bond donors (Lipinski definition) is 0. The Morgan fingerprint density at radius 1 is 1.12 bits per heavy atom. The summed E-state index contributed by atoms with van der Waals surface area (Å²) in [6, 6.07) is 4.28. The van der Waals surface area contributed by atoms with Gasteiger partial charge in [-0.05, 0) is 75.8 Å². The fourth-order valence-corrected chi connectivity index (χ4v) is 4.72. The van der Waals surface area contributed by atoms with E-state index in [4.69, 9.17) is 9.72 Å². The van der Waals surface area contributed by atoms with Gasteiger partial charge in [-0.1, -0.05) is 12.5 Å². The molecule has 0 radical (unpaired) electrons. The molecule has 2 heterocycles. The smallest absolute Gasteiger partial charge is 0.213 e. The van der Waals surface area contributed by atoms with E-state index in [0.29, 0.717) is 0 Å². The molecular weight excluding hydrogens is 296 g/mol. The molecule has 1 aliphatic heterocycles. The van der Waals surface area contributed by atoms with Gasteiger partial charge in [0.05, 0.1) is 6.10 Å². The van der Waals surface area contributed by atoms with Crippen molar-refractivity contribution < 1.29 is 4.74 Å². The summed E-state index contributed by atoms with van der Waals surface area (Å²) in [4.78, 5) is 7.43. The second-order valence-corrected chi connectivity index (χ2v) is 8.49. The van der Waals surface area contributed by atoms with Gasteiger partial charge in [0, 0.05) is 31.3 Å². The molecule has 0 bridgehead atoms. The highest BCUT2D eigenvalue weighted by molar-refractivity contribution is 5.27. The molecule has 2 fully saturated rings. The molecule has 24 heavy (non-hydrogen) atoms. The van der Waals surface area contributed by atoms with Crippen molar-refractivity contribution in [3.05, 3.63) is 23.4 Å². The molecule has 0 saturated heterocycles. The summed E-state index contributed by atoms with van der Waals surface area (Å²) in [5.41, 5.74) is 2.68. The van der Waals surface area contributed by atoms with Crippen molar-refractivity contribution in [1.29, 1.82) is 0 Å². The average molecular weight is 329 g/mol. The minimum Gasteiger partial charge on any atom is -0.475 e. The molecular formula is C21H32N2O. The molecule has 3 heteroatoms. The van der Waals surface area contributed by atoms with E-state index in [0.717, 1.165) is 43.0 Å². The first kappa shape index (κ1) is 16.4. The maximum Gasteiger partial charge on any atom is 0.213 e. The van der Waals surface area contributed by atoms with E-state index < -0.39 is 0 Å². The van der Waals surface area contributed by atoms with Crippen LogP contribution < -0.4 is 4.74 Å². The Morgan fingerprint density at radius 3 is 2.83 bits per heavy atom. The zero-order valence-electron chi connectivity index (χ0n) is 15.3. The minimum atomic E-state index is 0.194. The van der Waals surface area contributed by atoms with Gasteiger partial charge < -0.3 is 9.64 Å². The largest absolute Gasteiger partial charge is 0.475 e. The Bertz CT molecular complexity index is 571. The molecule has 3 nitrogen and oxygen atoms in total. The number of ether oxygens (including phenoxy) is 1. The van der Waals surface area contributed by atoms with Crippen LogP contribution in [0.15, 0.2) is 12.1 Å². The van der Waals surface area contributed by atoms with E-state index >= 15 is 0 Å². The first-order valence-corrected chi connectivity index (χ1v) is 10.0. The van der Waals surface area contributed by atoms with Crippen molar-refractivity contribution in [2.45, 2.75) is 64.9 Å². The third-order valence-electron chi connectivity index (χ3n) is 6.27. The van der Waals surface area contributed by atoms with Crippen molar-refractivity contribution >= 4 is 0 Å². The second kappa shape index (κ2) is 7.03. The van der Waals surface area contributed by atoms with Gasteiger partial charge in [0.2, 0.25) is 5.88 Å². The van der Waals surface area contributed by atoms with E-state index in [1.807, 2.05) is 6.07 Å². The van der Waals surface area contributed by atoms with E-state index in [1.54, 1.807) is 6.42 Å². The summed E-state index contributed by atoms with van der Waals surface area (Å²) in [5, 5.41) is 0. The van der Waals surface area contributed by atoms with Gasteiger partial charge in [0.1, 0.15) is 0 Å². The van der Waals surface area contributed by atoms with Gasteiger partial charge >= 0.3 is 0 Å². The van der Waals surface area contributed by atoms with Gasteiger partial charge in [-0.2, -0.15) is 0 Å². The number of hydrogen-bond acceptors (Lipinski definition) is 3. The fourth-order valence-electron chi connectivity index (χ4n) is 4.72. The molecule has 0 aromatic carbocycles. The normalized spacial score (nSPS) is 29.7. The Labute approximate surface area is 146 Å². The van der Waals surface area contributed by atoms with Crippen LogP contribution in [0.4, 0.5) is 0 Å². The van der Waals surface area contributed by atoms with Crippen molar-refractivity contribution in [3.63, 3.8) is 0 Å². The van der Waals surface area contributed by atoms with Gasteiger partial charge in [0.15, 0.2) is 0 Å². The summed E-state index contributed by atoms with van der Waals surface area (Å²) < 4.78 is 5.76. The Kier molecular flexibility index (Phi) is 4.80. The molecule has 132 valence electrons. The predicted molar refractivity (Wildman–Crippen MR) is 97.4 cm³/mol. The standard InChI is InChI=1S/C21H32N2O/c1-15(2)24-21-6-5-17-8-11-23(12-9-20(17)22-21)10-7-16-3-4-18-14-19(18)13-16/h5-6,15-16,18-19H,3-4,7-14H2,1-2H3/t16-,18?,19?/m0/s1. The Hall–Kier alpha value is -1.09. The van der Waals surface area contributed by atoms with Gasteiger partial charge in [0.25, 0.3) is 0 Å². The number of aromatic nitrogens is 1. The highest BCUT2D eigenvalue weighted by Crippen LogP contribution is 2.51. The molecule has 0 spiro atoms. The maximum absolute atomic E-state index is 5.76. The van der Waals surface area contributed by atoms with Crippen LogP contribution in [-0.2, 0) is 12.8 Å². The first-order chi connectivity index (χ1) is 11.7. The molecule has 0 amide bonds. The lowest BCUT2D eigenvalue weighted by Crippen LogP contribution is -2.29. The van der Waals surface area contributed by atoms with Gasteiger partial charge in [-0.15, -0.1) is 0 Å². The Balaban J connectivity index is 1.29. The average Bonchev–Trinajstić information content (AvgIpc) is 3.35.